The normalized spacial score (nSPS) is 11.9. The number of nitrogens with zero attached hydrogens (tertiary/aromatic N) is 1. The van der Waals surface area contributed by atoms with Crippen LogP contribution >= 0.6 is 0 Å². The largest absolute Gasteiger partial charge is 0.322 e. The van der Waals surface area contributed by atoms with Gasteiger partial charge in [0.25, 0.3) is 11.6 Å². The van der Waals surface area contributed by atoms with E-state index in [1.807, 2.05) is 12.1 Å². The summed E-state index contributed by atoms with van der Waals surface area (Å²) >= 11 is 0. The Labute approximate surface area is 154 Å². The van der Waals surface area contributed by atoms with Crippen LogP contribution in [0.1, 0.15) is 63.0 Å². The van der Waals surface area contributed by atoms with Crippen LogP contribution in [0.5, 0.6) is 0 Å². The molecule has 0 aliphatic rings. The minimum absolute atomic E-state index is 0.0632. The number of amides is 1. The third kappa shape index (κ3) is 4.69. The van der Waals surface area contributed by atoms with Gasteiger partial charge in [-0.15, -0.1) is 0 Å². The molecule has 0 radical (unpaired) electrons. The number of hydrogen-bond acceptors (Lipinski definition) is 3. The minimum atomic E-state index is -0.505. The summed E-state index contributed by atoms with van der Waals surface area (Å²) in [6, 6.07) is 11.8. The first-order chi connectivity index (χ1) is 11.9. The van der Waals surface area contributed by atoms with Crippen molar-refractivity contribution in [2.45, 2.75) is 52.4 Å². The van der Waals surface area contributed by atoms with Crippen LogP contribution in [0.25, 0.3) is 0 Å². The van der Waals surface area contributed by atoms with E-state index in [0.717, 1.165) is 11.1 Å². The van der Waals surface area contributed by atoms with E-state index in [1.54, 1.807) is 6.07 Å². The Hall–Kier alpha value is -2.69. The summed E-state index contributed by atoms with van der Waals surface area (Å²) in [5.74, 6) is -0.361. The van der Waals surface area contributed by atoms with Crippen LogP contribution in [-0.4, -0.2) is 10.8 Å². The number of non-ortho nitro benzene ring substituents is 1. The maximum atomic E-state index is 12.6. The van der Waals surface area contributed by atoms with Crippen molar-refractivity contribution < 1.29 is 9.72 Å². The number of anilines is 1. The molecular formula is C21H26N2O3. The number of benzene rings is 2. The molecule has 0 fully saturated rings. The molecule has 0 aliphatic carbocycles. The molecule has 0 saturated heterocycles. The number of carbonyl (C=O) groups is 1. The molecular weight excluding hydrogens is 328 g/mol. The molecule has 1 N–H and O–H groups in total. The molecule has 138 valence electrons. The zero-order valence-electron chi connectivity index (χ0n) is 16.2. The van der Waals surface area contributed by atoms with Gasteiger partial charge < -0.3 is 5.32 Å². The molecule has 2 aromatic rings. The highest BCUT2D eigenvalue weighted by atomic mass is 16.6. The molecule has 26 heavy (non-hydrogen) atoms. The van der Waals surface area contributed by atoms with Crippen LogP contribution in [0.2, 0.25) is 0 Å². The van der Waals surface area contributed by atoms with Gasteiger partial charge in [0.2, 0.25) is 0 Å². The van der Waals surface area contributed by atoms with Gasteiger partial charge >= 0.3 is 0 Å². The minimum Gasteiger partial charge on any atom is -0.322 e. The summed E-state index contributed by atoms with van der Waals surface area (Å²) in [7, 11) is 0. The maximum Gasteiger partial charge on any atom is 0.270 e. The molecule has 0 bridgehead atoms. The Kier molecular flexibility index (Phi) is 5.21. The fourth-order valence-electron chi connectivity index (χ4n) is 2.53. The van der Waals surface area contributed by atoms with Crippen LogP contribution in [-0.2, 0) is 10.8 Å². The van der Waals surface area contributed by atoms with Crippen molar-refractivity contribution in [1.82, 2.24) is 0 Å². The summed E-state index contributed by atoms with van der Waals surface area (Å²) in [6.07, 6.45) is 0. The van der Waals surface area contributed by atoms with Crippen molar-refractivity contribution in [3.63, 3.8) is 0 Å². The number of rotatable bonds is 3. The molecule has 5 heteroatoms. The van der Waals surface area contributed by atoms with Gasteiger partial charge in [-0.25, -0.2) is 0 Å². The number of nitro benzene ring substituents is 1. The molecule has 5 nitrogen and oxygen atoms in total. The van der Waals surface area contributed by atoms with E-state index in [2.05, 4.69) is 52.9 Å². The lowest BCUT2D eigenvalue weighted by atomic mass is 9.80. The predicted molar refractivity (Wildman–Crippen MR) is 105 cm³/mol. The van der Waals surface area contributed by atoms with Crippen LogP contribution in [0, 0.1) is 10.1 Å². The third-order valence-electron chi connectivity index (χ3n) is 4.24. The molecule has 0 spiro atoms. The van der Waals surface area contributed by atoms with Crippen molar-refractivity contribution in [2.75, 3.05) is 5.32 Å². The zero-order chi connectivity index (χ0) is 19.7. The summed E-state index contributed by atoms with van der Waals surface area (Å²) in [5, 5.41) is 13.8. The second-order valence-electron chi connectivity index (χ2n) is 8.56. The highest BCUT2D eigenvalue weighted by Crippen LogP contribution is 2.32. The Morgan fingerprint density at radius 1 is 0.923 bits per heavy atom. The number of carbonyl (C=O) groups excluding carboxylic acids is 1. The number of nitrogens with one attached hydrogen (secondary N) is 1. The van der Waals surface area contributed by atoms with E-state index < -0.39 is 4.92 Å². The summed E-state index contributed by atoms with van der Waals surface area (Å²) < 4.78 is 0. The lowest BCUT2D eigenvalue weighted by molar-refractivity contribution is -0.384. The Morgan fingerprint density at radius 2 is 1.46 bits per heavy atom. The lowest BCUT2D eigenvalue weighted by Crippen LogP contribution is -2.19. The van der Waals surface area contributed by atoms with Gasteiger partial charge in [-0.1, -0.05) is 53.7 Å². The van der Waals surface area contributed by atoms with E-state index in [1.165, 1.54) is 18.2 Å². The van der Waals surface area contributed by atoms with Gasteiger partial charge in [-0.05, 0) is 40.2 Å². The molecule has 0 unspecified atom stereocenters. The molecule has 2 rings (SSSR count). The van der Waals surface area contributed by atoms with Gasteiger partial charge in [-0.3, -0.25) is 14.9 Å². The first-order valence-electron chi connectivity index (χ1n) is 8.60. The molecule has 0 atom stereocenters. The first-order valence-corrected chi connectivity index (χ1v) is 8.60. The van der Waals surface area contributed by atoms with E-state index in [0.29, 0.717) is 5.69 Å². The topological polar surface area (TPSA) is 72.2 Å². The Morgan fingerprint density at radius 3 is 1.92 bits per heavy atom. The Balaban J connectivity index is 2.41. The zero-order valence-corrected chi connectivity index (χ0v) is 16.2. The summed E-state index contributed by atoms with van der Waals surface area (Å²) in [5.41, 5.74) is 2.98. The lowest BCUT2D eigenvalue weighted by Gasteiger charge is -2.26. The van der Waals surface area contributed by atoms with Crippen LogP contribution in [0.3, 0.4) is 0 Å². The molecule has 0 aromatic heterocycles. The van der Waals surface area contributed by atoms with E-state index in [-0.39, 0.29) is 28.0 Å². The van der Waals surface area contributed by atoms with Crippen molar-refractivity contribution in [1.29, 1.82) is 0 Å². The molecule has 2 aromatic carbocycles. The number of nitro groups is 1. The average Bonchev–Trinajstić information content (AvgIpc) is 2.53. The van der Waals surface area contributed by atoms with Crippen molar-refractivity contribution >= 4 is 17.3 Å². The highest BCUT2D eigenvalue weighted by molar-refractivity contribution is 6.04. The van der Waals surface area contributed by atoms with E-state index in [4.69, 9.17) is 0 Å². The monoisotopic (exact) mass is 354 g/mol. The van der Waals surface area contributed by atoms with Gasteiger partial charge in [-0.2, -0.15) is 0 Å². The van der Waals surface area contributed by atoms with Crippen molar-refractivity contribution in [3.05, 3.63) is 69.3 Å². The standard InChI is InChI=1S/C21H26N2O3/c1-20(2,3)15-11-16(21(4,5)6)13-17(12-15)22-19(24)14-8-7-9-18(10-14)23(25)26/h7-13H,1-6H3,(H,22,24). The maximum absolute atomic E-state index is 12.6. The van der Waals surface area contributed by atoms with Gasteiger partial charge in [0.15, 0.2) is 0 Å². The highest BCUT2D eigenvalue weighted by Gasteiger charge is 2.21. The quantitative estimate of drug-likeness (QED) is 0.589. The molecule has 0 heterocycles. The Bertz CT molecular complexity index is 811. The fraction of sp³-hybridized carbons (Fsp3) is 0.381. The second kappa shape index (κ2) is 6.90. The summed E-state index contributed by atoms with van der Waals surface area (Å²) in [6.45, 7) is 12.8. The number of hydrogen-bond donors (Lipinski definition) is 1. The molecule has 0 aliphatic heterocycles. The van der Waals surface area contributed by atoms with Crippen molar-refractivity contribution in [2.24, 2.45) is 0 Å². The smallest absolute Gasteiger partial charge is 0.270 e. The first kappa shape index (κ1) is 19.6. The van der Waals surface area contributed by atoms with Crippen molar-refractivity contribution in [3.8, 4) is 0 Å². The van der Waals surface area contributed by atoms with Crippen LogP contribution in [0.15, 0.2) is 42.5 Å². The predicted octanol–water partition coefficient (Wildman–Crippen LogP) is 5.44. The second-order valence-corrected chi connectivity index (χ2v) is 8.56. The van der Waals surface area contributed by atoms with Crippen LogP contribution < -0.4 is 5.32 Å². The van der Waals surface area contributed by atoms with Gasteiger partial charge in [0, 0.05) is 23.4 Å². The SMILES string of the molecule is CC(C)(C)c1cc(NC(=O)c2cccc([N+](=O)[O-])c2)cc(C(C)(C)C)c1. The fourth-order valence-corrected chi connectivity index (χ4v) is 2.53. The summed E-state index contributed by atoms with van der Waals surface area (Å²) in [4.78, 5) is 23.0. The van der Waals surface area contributed by atoms with Crippen LogP contribution in [0.4, 0.5) is 11.4 Å². The van der Waals surface area contributed by atoms with E-state index in [9.17, 15) is 14.9 Å². The van der Waals surface area contributed by atoms with Gasteiger partial charge in [0.05, 0.1) is 4.92 Å². The molecule has 0 saturated carbocycles. The van der Waals surface area contributed by atoms with E-state index >= 15 is 0 Å². The average molecular weight is 354 g/mol. The third-order valence-corrected chi connectivity index (χ3v) is 4.24. The molecule has 1 amide bonds. The van der Waals surface area contributed by atoms with Gasteiger partial charge in [0.1, 0.15) is 0 Å².